The van der Waals surface area contributed by atoms with Crippen molar-refractivity contribution in [2.75, 3.05) is 64.5 Å². The maximum atomic E-state index is 10.0. The van der Waals surface area contributed by atoms with Crippen LogP contribution in [0.4, 0.5) is 5.69 Å². The number of ether oxygens (including phenoxy) is 2. The van der Waals surface area contributed by atoms with Crippen molar-refractivity contribution >= 4 is 11.6 Å². The zero-order valence-corrected chi connectivity index (χ0v) is 16.3. The normalized spacial score (nSPS) is 20.9. The van der Waals surface area contributed by atoms with Crippen molar-refractivity contribution in [3.8, 4) is 5.75 Å². The number of benzene rings is 1. The summed E-state index contributed by atoms with van der Waals surface area (Å²) >= 11 is 0. The highest BCUT2D eigenvalue weighted by molar-refractivity contribution is 5.80. The van der Waals surface area contributed by atoms with Gasteiger partial charge in [-0.15, -0.1) is 0 Å². The number of aliphatic imine (C=N–C) groups is 1. The summed E-state index contributed by atoms with van der Waals surface area (Å²) in [6.07, 6.45) is 3.52. The van der Waals surface area contributed by atoms with Gasteiger partial charge >= 0.3 is 0 Å². The molecule has 2 heterocycles. The Labute approximate surface area is 162 Å². The molecule has 0 aliphatic carbocycles. The van der Waals surface area contributed by atoms with Crippen LogP contribution in [0.5, 0.6) is 5.75 Å². The van der Waals surface area contributed by atoms with Crippen molar-refractivity contribution < 1.29 is 14.6 Å². The second-order valence-electron chi connectivity index (χ2n) is 7.00. The number of phenolic OH excluding ortho intramolecular Hbond substituents is 1. The first kappa shape index (κ1) is 19.8. The maximum Gasteiger partial charge on any atom is 0.193 e. The third kappa shape index (κ3) is 5.74. The zero-order chi connectivity index (χ0) is 18.9. The monoisotopic (exact) mass is 376 g/mol. The minimum atomic E-state index is 0.297. The van der Waals surface area contributed by atoms with E-state index in [0.717, 1.165) is 76.8 Å². The first-order valence-electron chi connectivity index (χ1n) is 9.96. The van der Waals surface area contributed by atoms with Crippen LogP contribution in [0, 0.1) is 0 Å². The lowest BCUT2D eigenvalue weighted by Gasteiger charge is -2.37. The van der Waals surface area contributed by atoms with E-state index in [1.807, 2.05) is 25.2 Å². The molecule has 0 radical (unpaired) electrons. The molecule has 2 N–H and O–H groups in total. The predicted molar refractivity (Wildman–Crippen MR) is 108 cm³/mol. The number of anilines is 1. The lowest BCUT2D eigenvalue weighted by atomic mass is 10.2. The minimum absolute atomic E-state index is 0.297. The van der Waals surface area contributed by atoms with Gasteiger partial charge in [0, 0.05) is 53.0 Å². The van der Waals surface area contributed by atoms with E-state index < -0.39 is 0 Å². The van der Waals surface area contributed by atoms with Crippen LogP contribution in [0.1, 0.15) is 19.3 Å². The Morgan fingerprint density at radius 3 is 2.81 bits per heavy atom. The van der Waals surface area contributed by atoms with Gasteiger partial charge in [-0.1, -0.05) is 12.1 Å². The molecule has 1 unspecified atom stereocenters. The smallest absolute Gasteiger partial charge is 0.193 e. The van der Waals surface area contributed by atoms with Crippen LogP contribution < -0.4 is 10.2 Å². The highest BCUT2D eigenvalue weighted by Gasteiger charge is 2.21. The summed E-state index contributed by atoms with van der Waals surface area (Å²) in [5.74, 6) is 1.28. The van der Waals surface area contributed by atoms with Crippen molar-refractivity contribution in [2.45, 2.75) is 25.4 Å². The second-order valence-corrected chi connectivity index (χ2v) is 7.00. The van der Waals surface area contributed by atoms with Crippen LogP contribution in [0.3, 0.4) is 0 Å². The largest absolute Gasteiger partial charge is 0.506 e. The highest BCUT2D eigenvalue weighted by Crippen LogP contribution is 2.27. The Morgan fingerprint density at radius 2 is 2.11 bits per heavy atom. The minimum Gasteiger partial charge on any atom is -0.506 e. The maximum absolute atomic E-state index is 10.0. The molecule has 0 aromatic heterocycles. The van der Waals surface area contributed by atoms with E-state index in [4.69, 9.17) is 9.47 Å². The van der Waals surface area contributed by atoms with Gasteiger partial charge in [0.25, 0.3) is 0 Å². The number of hydrogen-bond donors (Lipinski definition) is 2. The summed E-state index contributed by atoms with van der Waals surface area (Å²) in [5, 5.41) is 13.5. The van der Waals surface area contributed by atoms with E-state index >= 15 is 0 Å². The Kier molecular flexibility index (Phi) is 7.59. The summed E-state index contributed by atoms with van der Waals surface area (Å²) in [5.41, 5.74) is 0.906. The molecule has 0 amide bonds. The Balaban J connectivity index is 1.33. The first-order chi connectivity index (χ1) is 13.3. The molecule has 2 saturated heterocycles. The van der Waals surface area contributed by atoms with Crippen molar-refractivity contribution in [1.29, 1.82) is 0 Å². The van der Waals surface area contributed by atoms with Crippen LogP contribution in [0.25, 0.3) is 0 Å². The Hall–Kier alpha value is -1.99. The number of para-hydroxylation sites is 2. The van der Waals surface area contributed by atoms with Crippen molar-refractivity contribution in [3.05, 3.63) is 24.3 Å². The average molecular weight is 377 g/mol. The third-order valence-electron chi connectivity index (χ3n) is 5.09. The molecule has 1 aromatic rings. The van der Waals surface area contributed by atoms with Crippen LogP contribution in [-0.2, 0) is 9.47 Å². The van der Waals surface area contributed by atoms with Gasteiger partial charge in [-0.25, -0.2) is 0 Å². The van der Waals surface area contributed by atoms with E-state index in [1.54, 1.807) is 6.07 Å². The predicted octanol–water partition coefficient (Wildman–Crippen LogP) is 1.68. The van der Waals surface area contributed by atoms with Crippen molar-refractivity contribution in [3.63, 3.8) is 0 Å². The van der Waals surface area contributed by atoms with Gasteiger partial charge in [-0.3, -0.25) is 4.99 Å². The fourth-order valence-electron chi connectivity index (χ4n) is 3.59. The number of piperazine rings is 1. The highest BCUT2D eigenvalue weighted by atomic mass is 16.5. The first-order valence-corrected chi connectivity index (χ1v) is 9.96. The molecular weight excluding hydrogens is 344 g/mol. The fraction of sp³-hybridized carbons (Fsp3) is 0.650. The number of phenols is 1. The van der Waals surface area contributed by atoms with E-state index in [0.29, 0.717) is 18.5 Å². The molecule has 0 bridgehead atoms. The van der Waals surface area contributed by atoms with Crippen LogP contribution in [-0.4, -0.2) is 81.7 Å². The number of guanidine groups is 1. The van der Waals surface area contributed by atoms with E-state index in [2.05, 4.69) is 20.1 Å². The molecular formula is C20H32N4O3. The molecule has 2 aliphatic heterocycles. The van der Waals surface area contributed by atoms with E-state index in [-0.39, 0.29) is 0 Å². The summed E-state index contributed by atoms with van der Waals surface area (Å²) in [6, 6.07) is 7.52. The van der Waals surface area contributed by atoms with Gasteiger partial charge in [-0.05, 0) is 31.4 Å². The lowest BCUT2D eigenvalue weighted by Crippen LogP contribution is -2.52. The number of hydrogen-bond acceptors (Lipinski definition) is 5. The summed E-state index contributed by atoms with van der Waals surface area (Å²) in [7, 11) is 1.83. The molecule has 1 aromatic carbocycles. The molecule has 2 aliphatic rings. The van der Waals surface area contributed by atoms with Crippen LogP contribution in [0.15, 0.2) is 29.3 Å². The zero-order valence-electron chi connectivity index (χ0n) is 16.3. The summed E-state index contributed by atoms with van der Waals surface area (Å²) < 4.78 is 11.3. The Morgan fingerprint density at radius 1 is 1.30 bits per heavy atom. The van der Waals surface area contributed by atoms with Crippen molar-refractivity contribution in [1.82, 2.24) is 10.2 Å². The summed E-state index contributed by atoms with van der Waals surface area (Å²) in [6.45, 7) is 6.66. The van der Waals surface area contributed by atoms with Gasteiger partial charge < -0.3 is 29.7 Å². The molecule has 0 spiro atoms. The molecule has 7 nitrogen and oxygen atoms in total. The number of nitrogens with one attached hydrogen (secondary N) is 1. The standard InChI is InChI=1S/C20H32N4O3/c1-21-20(22-9-5-14-26-16-17-6-4-15-27-17)24-12-10-23(11-13-24)18-7-2-3-8-19(18)25/h2-3,7-8,17,25H,4-6,9-16H2,1H3,(H,21,22). The second kappa shape index (κ2) is 10.4. The Bertz CT molecular complexity index is 597. The quantitative estimate of drug-likeness (QED) is 0.429. The lowest BCUT2D eigenvalue weighted by molar-refractivity contribution is 0.0168. The van der Waals surface area contributed by atoms with E-state index in [1.165, 1.54) is 0 Å². The van der Waals surface area contributed by atoms with Crippen LogP contribution in [0.2, 0.25) is 0 Å². The molecule has 150 valence electrons. The number of nitrogens with zero attached hydrogens (tertiary/aromatic N) is 3. The number of rotatable bonds is 7. The SMILES string of the molecule is CN=C(NCCCOCC1CCCO1)N1CCN(c2ccccc2O)CC1. The topological polar surface area (TPSA) is 69.6 Å². The third-order valence-corrected chi connectivity index (χ3v) is 5.09. The van der Waals surface area contributed by atoms with Gasteiger partial charge in [0.05, 0.1) is 18.4 Å². The van der Waals surface area contributed by atoms with E-state index in [9.17, 15) is 5.11 Å². The molecule has 1 atom stereocenters. The molecule has 27 heavy (non-hydrogen) atoms. The van der Waals surface area contributed by atoms with Crippen molar-refractivity contribution in [2.24, 2.45) is 4.99 Å². The van der Waals surface area contributed by atoms with Crippen LogP contribution >= 0.6 is 0 Å². The van der Waals surface area contributed by atoms with Gasteiger partial charge in [0.1, 0.15) is 5.75 Å². The van der Waals surface area contributed by atoms with Gasteiger partial charge in [0.2, 0.25) is 0 Å². The fourth-order valence-corrected chi connectivity index (χ4v) is 3.59. The average Bonchev–Trinajstić information content (AvgIpc) is 3.22. The molecule has 2 fully saturated rings. The summed E-state index contributed by atoms with van der Waals surface area (Å²) in [4.78, 5) is 8.90. The molecule has 3 rings (SSSR count). The van der Waals surface area contributed by atoms with Gasteiger partial charge in [0.15, 0.2) is 5.96 Å². The molecule has 0 saturated carbocycles. The molecule has 7 heteroatoms. The number of aromatic hydroxyl groups is 1. The van der Waals surface area contributed by atoms with Gasteiger partial charge in [-0.2, -0.15) is 0 Å².